The van der Waals surface area contributed by atoms with Crippen molar-refractivity contribution in [1.82, 2.24) is 4.98 Å². The number of benzene rings is 1. The Kier molecular flexibility index (Phi) is 6.10. The molecule has 2 aromatic rings. The average molecular weight is 428 g/mol. The van der Waals surface area contributed by atoms with Gasteiger partial charge in [0.2, 0.25) is 11.8 Å². The molecule has 1 N–H and O–H groups in total. The van der Waals surface area contributed by atoms with Gasteiger partial charge in [-0.2, -0.15) is 13.5 Å². The van der Waals surface area contributed by atoms with E-state index >= 15 is 0 Å². The van der Waals surface area contributed by atoms with Crippen LogP contribution in [-0.2, 0) is 9.47 Å². The molecule has 162 valence electrons. The summed E-state index contributed by atoms with van der Waals surface area (Å²) in [6.45, 7) is 14.4. The molecule has 1 aromatic heterocycles. The number of nitrogens with zero attached hydrogens (tertiary/aromatic N) is 2. The van der Waals surface area contributed by atoms with Gasteiger partial charge in [0.15, 0.2) is 0 Å². The Morgan fingerprint density at radius 1 is 0.800 bits per heavy atom. The first-order chi connectivity index (χ1) is 13.6. The van der Waals surface area contributed by atoms with Crippen molar-refractivity contribution in [2.75, 3.05) is 13.2 Å². The van der Waals surface area contributed by atoms with Crippen LogP contribution in [0.5, 0.6) is 0 Å². The first-order valence-electron chi connectivity index (χ1n) is 10.3. The molecule has 1 aromatic carbocycles. The van der Waals surface area contributed by atoms with Gasteiger partial charge in [0.05, 0.1) is 22.8 Å². The molecule has 2 aliphatic heterocycles. The number of fused-ring (bicyclic) bond motifs is 1. The van der Waals surface area contributed by atoms with Crippen molar-refractivity contribution in [2.45, 2.75) is 53.6 Å². The standard InChI is InChI=1S/C24H31N3O2.H2S/c1-23(2,3)19-13-28-21(26-19)11-17-15-9-7-8-10-16(15)18(25-17)12-22-27-20(14-29-22)24(4,5)6;/h7-12,19-20,25H,13-14H2,1-6H3;1H2/b17-11-,18-12-;/t19-,20?;/m1./s1. The predicted molar refractivity (Wildman–Crippen MR) is 130 cm³/mol. The minimum absolute atomic E-state index is 0. The maximum atomic E-state index is 5.85. The molecule has 0 fully saturated rings. The van der Waals surface area contributed by atoms with Crippen LogP contribution in [0.4, 0.5) is 0 Å². The minimum Gasteiger partial charge on any atom is -0.476 e. The summed E-state index contributed by atoms with van der Waals surface area (Å²) >= 11 is 0. The Hall–Kier alpha value is -2.21. The molecule has 2 aliphatic rings. The molecule has 30 heavy (non-hydrogen) atoms. The molecule has 0 radical (unpaired) electrons. The first kappa shape index (κ1) is 22.5. The molecule has 3 heterocycles. The molecule has 6 heteroatoms. The van der Waals surface area contributed by atoms with Gasteiger partial charge in [-0.05, 0) is 10.8 Å². The van der Waals surface area contributed by atoms with Gasteiger partial charge in [0, 0.05) is 22.9 Å². The smallest absolute Gasteiger partial charge is 0.211 e. The van der Waals surface area contributed by atoms with Gasteiger partial charge in [-0.15, -0.1) is 0 Å². The zero-order valence-electron chi connectivity index (χ0n) is 18.7. The lowest BCUT2D eigenvalue weighted by atomic mass is 9.88. The summed E-state index contributed by atoms with van der Waals surface area (Å²) in [6.07, 6.45) is 4.00. The lowest BCUT2D eigenvalue weighted by Crippen LogP contribution is -2.25. The predicted octanol–water partition coefficient (Wildman–Crippen LogP) is 3.53. The van der Waals surface area contributed by atoms with E-state index in [2.05, 4.69) is 58.7 Å². The van der Waals surface area contributed by atoms with Crippen molar-refractivity contribution in [1.29, 1.82) is 0 Å². The quantitative estimate of drug-likeness (QED) is 0.797. The molecule has 1 unspecified atom stereocenters. The van der Waals surface area contributed by atoms with Gasteiger partial charge in [0.1, 0.15) is 13.2 Å². The number of nitrogens with one attached hydrogen (secondary N) is 1. The second-order valence-corrected chi connectivity index (χ2v) is 10.1. The third-order valence-electron chi connectivity index (χ3n) is 5.66. The largest absolute Gasteiger partial charge is 0.476 e. The third kappa shape index (κ3) is 4.59. The maximum absolute atomic E-state index is 5.85. The van der Waals surface area contributed by atoms with Gasteiger partial charge < -0.3 is 14.5 Å². The van der Waals surface area contributed by atoms with Crippen LogP contribution in [0.15, 0.2) is 34.3 Å². The Labute approximate surface area is 185 Å². The van der Waals surface area contributed by atoms with Gasteiger partial charge >= 0.3 is 0 Å². The summed E-state index contributed by atoms with van der Waals surface area (Å²) in [6, 6.07) is 8.67. The van der Waals surface area contributed by atoms with Crippen LogP contribution >= 0.6 is 13.5 Å². The number of aromatic amines is 1. The highest BCUT2D eigenvalue weighted by atomic mass is 32.1. The van der Waals surface area contributed by atoms with E-state index in [0.717, 1.165) is 21.5 Å². The zero-order valence-corrected chi connectivity index (χ0v) is 19.7. The molecule has 4 rings (SSSR count). The number of ether oxygens (including phenoxy) is 2. The van der Waals surface area contributed by atoms with E-state index in [0.29, 0.717) is 25.0 Å². The molecule has 0 bridgehead atoms. The van der Waals surface area contributed by atoms with Crippen molar-refractivity contribution in [3.05, 3.63) is 35.0 Å². The highest BCUT2D eigenvalue weighted by Gasteiger charge is 2.30. The van der Waals surface area contributed by atoms with Crippen LogP contribution in [0, 0.1) is 10.8 Å². The number of aromatic nitrogens is 1. The molecule has 5 nitrogen and oxygen atoms in total. The van der Waals surface area contributed by atoms with Crippen molar-refractivity contribution >= 4 is 48.2 Å². The number of aliphatic imine (C=N–C) groups is 2. The van der Waals surface area contributed by atoms with Gasteiger partial charge in [-0.25, -0.2) is 9.98 Å². The van der Waals surface area contributed by atoms with E-state index in [1.807, 2.05) is 24.3 Å². The van der Waals surface area contributed by atoms with Crippen molar-refractivity contribution < 1.29 is 9.47 Å². The summed E-state index contributed by atoms with van der Waals surface area (Å²) in [4.78, 5) is 13.1. The van der Waals surface area contributed by atoms with Crippen molar-refractivity contribution in [3.63, 3.8) is 0 Å². The summed E-state index contributed by atoms with van der Waals surface area (Å²) < 4.78 is 11.7. The molecule has 0 amide bonds. The van der Waals surface area contributed by atoms with Crippen LogP contribution in [0.1, 0.15) is 41.5 Å². The normalized spacial score (nSPS) is 23.1. The maximum Gasteiger partial charge on any atom is 0.211 e. The topological polar surface area (TPSA) is 59.0 Å². The number of rotatable bonds is 2. The Morgan fingerprint density at radius 2 is 1.20 bits per heavy atom. The summed E-state index contributed by atoms with van der Waals surface area (Å²) in [5, 5.41) is 4.25. The highest BCUT2D eigenvalue weighted by Crippen LogP contribution is 2.27. The highest BCUT2D eigenvalue weighted by molar-refractivity contribution is 7.59. The Morgan fingerprint density at radius 3 is 1.53 bits per heavy atom. The molecule has 0 saturated heterocycles. The fourth-order valence-electron chi connectivity index (χ4n) is 3.54. The molecule has 2 atom stereocenters. The van der Waals surface area contributed by atoms with E-state index in [1.54, 1.807) is 0 Å². The van der Waals surface area contributed by atoms with E-state index in [9.17, 15) is 0 Å². The van der Waals surface area contributed by atoms with E-state index in [-0.39, 0.29) is 36.4 Å². The van der Waals surface area contributed by atoms with Gasteiger partial charge in [-0.1, -0.05) is 65.8 Å². The fraction of sp³-hybridized carbons (Fsp3) is 0.500. The molecule has 0 spiro atoms. The molecule has 0 saturated carbocycles. The lowest BCUT2D eigenvalue weighted by molar-refractivity contribution is 0.237. The fourth-order valence-corrected chi connectivity index (χ4v) is 3.54. The Bertz CT molecular complexity index is 1010. The van der Waals surface area contributed by atoms with Crippen LogP contribution in [-0.4, -0.2) is 42.1 Å². The van der Waals surface area contributed by atoms with E-state index in [4.69, 9.17) is 19.5 Å². The molecular formula is C24H33N3O2S. The lowest BCUT2D eigenvalue weighted by Gasteiger charge is -2.21. The SMILES string of the molecule is CC(C)(C)C1COC(/C=c2\[nH]/c(=C\C3=N[C@@H](C(C)(C)C)CO3)c3ccccc23)=N1.S. The van der Waals surface area contributed by atoms with Crippen LogP contribution < -0.4 is 10.7 Å². The van der Waals surface area contributed by atoms with E-state index < -0.39 is 0 Å². The molecular weight excluding hydrogens is 394 g/mol. The second kappa shape index (κ2) is 8.14. The van der Waals surface area contributed by atoms with Crippen LogP contribution in [0.25, 0.3) is 22.9 Å². The second-order valence-electron chi connectivity index (χ2n) is 10.1. The van der Waals surface area contributed by atoms with Gasteiger partial charge in [-0.3, -0.25) is 0 Å². The van der Waals surface area contributed by atoms with Crippen molar-refractivity contribution in [2.24, 2.45) is 20.8 Å². The van der Waals surface area contributed by atoms with Crippen LogP contribution in [0.2, 0.25) is 0 Å². The summed E-state index contributed by atoms with van der Waals surface area (Å²) in [7, 11) is 0. The third-order valence-corrected chi connectivity index (χ3v) is 5.66. The van der Waals surface area contributed by atoms with Crippen LogP contribution in [0.3, 0.4) is 0 Å². The average Bonchev–Trinajstić information content (AvgIpc) is 3.35. The number of hydrogen-bond acceptors (Lipinski definition) is 4. The first-order valence-corrected chi connectivity index (χ1v) is 10.3. The summed E-state index contributed by atoms with van der Waals surface area (Å²) in [5.74, 6) is 1.37. The molecule has 0 aliphatic carbocycles. The minimum atomic E-state index is 0. The zero-order chi connectivity index (χ0) is 20.8. The Balaban J connectivity index is 0.00000256. The van der Waals surface area contributed by atoms with Crippen molar-refractivity contribution in [3.8, 4) is 0 Å². The number of hydrogen-bond donors (Lipinski definition) is 1. The summed E-state index contributed by atoms with van der Waals surface area (Å²) in [5.41, 5.74) is 0.182. The van der Waals surface area contributed by atoms with E-state index in [1.165, 1.54) is 0 Å². The number of H-pyrrole nitrogens is 1. The monoisotopic (exact) mass is 427 g/mol. The van der Waals surface area contributed by atoms with Gasteiger partial charge in [0.25, 0.3) is 0 Å².